The molecule has 1 amide bonds. The topological polar surface area (TPSA) is 64.9 Å². The average molecular weight is 275 g/mol. The molecule has 2 N–H and O–H groups in total. The van der Waals surface area contributed by atoms with Gasteiger partial charge in [-0.25, -0.2) is 4.39 Å². The van der Waals surface area contributed by atoms with Gasteiger partial charge >= 0.3 is 0 Å². The Balaban J connectivity index is 2.23. The first kappa shape index (κ1) is 14.5. The van der Waals surface area contributed by atoms with E-state index in [1.807, 2.05) is 13.0 Å². The van der Waals surface area contributed by atoms with Crippen molar-refractivity contribution in [2.75, 3.05) is 18.4 Å². The van der Waals surface area contributed by atoms with E-state index in [2.05, 4.69) is 10.6 Å². The minimum absolute atomic E-state index is 0.137. The van der Waals surface area contributed by atoms with Crippen molar-refractivity contribution >= 4 is 11.6 Å². The molecule has 1 aromatic rings. The Morgan fingerprint density at radius 2 is 2.30 bits per heavy atom. The number of halogens is 1. The van der Waals surface area contributed by atoms with Crippen molar-refractivity contribution in [3.63, 3.8) is 0 Å². The highest BCUT2D eigenvalue weighted by Crippen LogP contribution is 2.29. The maximum atomic E-state index is 13.7. The summed E-state index contributed by atoms with van der Waals surface area (Å²) >= 11 is 0. The van der Waals surface area contributed by atoms with Gasteiger partial charge in [0.05, 0.1) is 17.0 Å². The van der Waals surface area contributed by atoms with Gasteiger partial charge in [-0.3, -0.25) is 4.79 Å². The molecule has 106 valence electrons. The number of piperidine rings is 1. The predicted octanol–water partition coefficient (Wildman–Crippen LogP) is 2.33. The van der Waals surface area contributed by atoms with Crippen LogP contribution in [0.2, 0.25) is 0 Å². The molecule has 1 aliphatic rings. The first-order valence-corrected chi connectivity index (χ1v) is 6.69. The average Bonchev–Trinajstić information content (AvgIpc) is 2.44. The van der Waals surface area contributed by atoms with Gasteiger partial charge in [0, 0.05) is 17.8 Å². The number of hydrogen-bond acceptors (Lipinski definition) is 3. The largest absolute Gasteiger partial charge is 0.325 e. The maximum absolute atomic E-state index is 13.7. The number of amides is 1. The van der Waals surface area contributed by atoms with E-state index in [4.69, 9.17) is 5.26 Å². The van der Waals surface area contributed by atoms with Crippen LogP contribution in [0.5, 0.6) is 0 Å². The van der Waals surface area contributed by atoms with Crippen LogP contribution in [0.25, 0.3) is 0 Å². The highest BCUT2D eigenvalue weighted by molar-refractivity contribution is 5.96. The minimum atomic E-state index is -0.496. The van der Waals surface area contributed by atoms with Gasteiger partial charge in [0.2, 0.25) is 5.91 Å². The van der Waals surface area contributed by atoms with E-state index in [1.165, 1.54) is 12.1 Å². The summed E-state index contributed by atoms with van der Waals surface area (Å²) in [5.74, 6) is -0.617. The van der Waals surface area contributed by atoms with Gasteiger partial charge < -0.3 is 10.6 Å². The number of nitriles is 1. The number of anilines is 1. The SMILES string of the molecule is Cc1c(F)cc(C#N)cc1NC(=O)C1(C)CCCNC1. The molecule has 1 fully saturated rings. The monoisotopic (exact) mass is 275 g/mol. The van der Waals surface area contributed by atoms with Crippen molar-refractivity contribution in [1.29, 1.82) is 5.26 Å². The van der Waals surface area contributed by atoms with E-state index < -0.39 is 11.2 Å². The van der Waals surface area contributed by atoms with Gasteiger partial charge in [-0.1, -0.05) is 0 Å². The van der Waals surface area contributed by atoms with Crippen LogP contribution in [-0.2, 0) is 4.79 Å². The second-order valence-electron chi connectivity index (χ2n) is 5.54. The fourth-order valence-corrected chi connectivity index (χ4v) is 2.40. The van der Waals surface area contributed by atoms with Crippen LogP contribution in [0.15, 0.2) is 12.1 Å². The molecule has 0 aliphatic carbocycles. The van der Waals surface area contributed by atoms with Crippen molar-refractivity contribution in [3.8, 4) is 6.07 Å². The number of rotatable bonds is 2. The number of nitrogens with zero attached hydrogens (tertiary/aromatic N) is 1. The van der Waals surface area contributed by atoms with E-state index >= 15 is 0 Å². The number of benzene rings is 1. The van der Waals surface area contributed by atoms with Gasteiger partial charge in [-0.05, 0) is 45.4 Å². The summed E-state index contributed by atoms with van der Waals surface area (Å²) < 4.78 is 13.7. The highest BCUT2D eigenvalue weighted by atomic mass is 19.1. The Kier molecular flexibility index (Phi) is 4.05. The molecule has 0 saturated carbocycles. The molecule has 4 nitrogen and oxygen atoms in total. The molecule has 20 heavy (non-hydrogen) atoms. The Morgan fingerprint density at radius 3 is 2.90 bits per heavy atom. The second-order valence-corrected chi connectivity index (χ2v) is 5.54. The van der Waals surface area contributed by atoms with E-state index in [0.29, 0.717) is 17.8 Å². The van der Waals surface area contributed by atoms with Crippen LogP contribution < -0.4 is 10.6 Å². The number of nitrogens with one attached hydrogen (secondary N) is 2. The van der Waals surface area contributed by atoms with E-state index in [1.54, 1.807) is 6.92 Å². The number of carbonyl (C=O) groups excluding carboxylic acids is 1. The molecule has 0 spiro atoms. The van der Waals surface area contributed by atoms with E-state index in [0.717, 1.165) is 19.4 Å². The molecule has 2 rings (SSSR count). The fraction of sp³-hybridized carbons (Fsp3) is 0.467. The van der Waals surface area contributed by atoms with Crippen molar-refractivity contribution < 1.29 is 9.18 Å². The van der Waals surface area contributed by atoms with E-state index in [-0.39, 0.29) is 11.5 Å². The summed E-state index contributed by atoms with van der Waals surface area (Å²) in [6.07, 6.45) is 1.74. The Hall–Kier alpha value is -1.93. The summed E-state index contributed by atoms with van der Waals surface area (Å²) in [7, 11) is 0. The molecule has 1 aromatic carbocycles. The van der Waals surface area contributed by atoms with Crippen LogP contribution in [0.4, 0.5) is 10.1 Å². The summed E-state index contributed by atoms with van der Waals surface area (Å²) in [6.45, 7) is 5.01. The molecule has 0 bridgehead atoms. The summed E-state index contributed by atoms with van der Waals surface area (Å²) in [4.78, 5) is 12.4. The first-order valence-electron chi connectivity index (χ1n) is 6.69. The third kappa shape index (κ3) is 2.81. The summed E-state index contributed by atoms with van der Waals surface area (Å²) in [6, 6.07) is 4.58. The zero-order valence-corrected chi connectivity index (χ0v) is 11.7. The first-order chi connectivity index (χ1) is 9.46. The number of hydrogen-bond donors (Lipinski definition) is 2. The lowest BCUT2D eigenvalue weighted by atomic mass is 9.82. The van der Waals surface area contributed by atoms with Crippen molar-refractivity contribution in [1.82, 2.24) is 5.32 Å². The minimum Gasteiger partial charge on any atom is -0.325 e. The second kappa shape index (κ2) is 5.59. The fourth-order valence-electron chi connectivity index (χ4n) is 2.40. The predicted molar refractivity (Wildman–Crippen MR) is 74.7 cm³/mol. The van der Waals surface area contributed by atoms with Crippen LogP contribution in [0.1, 0.15) is 30.9 Å². The van der Waals surface area contributed by atoms with Gasteiger partial charge in [0.25, 0.3) is 0 Å². The van der Waals surface area contributed by atoms with Crippen LogP contribution in [0, 0.1) is 29.5 Å². The van der Waals surface area contributed by atoms with Crippen molar-refractivity contribution in [2.45, 2.75) is 26.7 Å². The molecule has 1 saturated heterocycles. The summed E-state index contributed by atoms with van der Waals surface area (Å²) in [5.41, 5.74) is 0.433. The van der Waals surface area contributed by atoms with Gasteiger partial charge in [0.1, 0.15) is 5.82 Å². The Bertz CT molecular complexity index is 571. The van der Waals surface area contributed by atoms with Crippen LogP contribution in [0.3, 0.4) is 0 Å². The third-order valence-corrected chi connectivity index (χ3v) is 3.87. The quantitative estimate of drug-likeness (QED) is 0.870. The molecule has 1 unspecified atom stereocenters. The van der Waals surface area contributed by atoms with Gasteiger partial charge in [0.15, 0.2) is 0 Å². The van der Waals surface area contributed by atoms with Crippen LogP contribution >= 0.6 is 0 Å². The zero-order chi connectivity index (χ0) is 14.8. The third-order valence-electron chi connectivity index (χ3n) is 3.87. The molecular formula is C15H18FN3O. The lowest BCUT2D eigenvalue weighted by molar-refractivity contribution is -0.125. The lowest BCUT2D eigenvalue weighted by Gasteiger charge is -2.32. The molecule has 1 heterocycles. The molecule has 0 radical (unpaired) electrons. The van der Waals surface area contributed by atoms with Gasteiger partial charge in [-0.2, -0.15) is 5.26 Å². The molecular weight excluding hydrogens is 257 g/mol. The normalized spacial score (nSPS) is 22.1. The standard InChI is InChI=1S/C15H18FN3O/c1-10-12(16)6-11(8-17)7-13(10)19-14(20)15(2)4-3-5-18-9-15/h6-7,18H,3-5,9H2,1-2H3,(H,19,20). The van der Waals surface area contributed by atoms with Crippen molar-refractivity contribution in [2.24, 2.45) is 5.41 Å². The number of carbonyl (C=O) groups is 1. The van der Waals surface area contributed by atoms with Gasteiger partial charge in [-0.15, -0.1) is 0 Å². The molecule has 0 aromatic heterocycles. The molecule has 1 aliphatic heterocycles. The van der Waals surface area contributed by atoms with E-state index in [9.17, 15) is 9.18 Å². The highest BCUT2D eigenvalue weighted by Gasteiger charge is 2.34. The Morgan fingerprint density at radius 1 is 1.55 bits per heavy atom. The summed E-state index contributed by atoms with van der Waals surface area (Å²) in [5, 5.41) is 14.8. The van der Waals surface area contributed by atoms with Crippen molar-refractivity contribution in [3.05, 3.63) is 29.1 Å². The zero-order valence-electron chi connectivity index (χ0n) is 11.7. The Labute approximate surface area is 118 Å². The lowest BCUT2D eigenvalue weighted by Crippen LogP contribution is -2.46. The molecule has 1 atom stereocenters. The van der Waals surface area contributed by atoms with Crippen LogP contribution in [-0.4, -0.2) is 19.0 Å². The maximum Gasteiger partial charge on any atom is 0.231 e. The molecule has 5 heteroatoms. The smallest absolute Gasteiger partial charge is 0.231 e.